The molecule has 0 aliphatic heterocycles. The Morgan fingerprint density at radius 2 is 0.458 bits per heavy atom. The molecule has 0 unspecified atom stereocenters. The van der Waals surface area contributed by atoms with Crippen LogP contribution in [0.4, 0.5) is 0 Å². The fourth-order valence-electron chi connectivity index (χ4n) is 16.1. The number of hydrogen-bond donors (Lipinski definition) is 0. The highest BCUT2D eigenvalue weighted by Gasteiger charge is 2.38. The fraction of sp³-hybridized carbons (Fsp3) is 0.0833. The molecule has 0 heterocycles. The maximum Gasteiger partial charge on any atom is 0.0159 e. The lowest BCUT2D eigenvalue weighted by molar-refractivity contribution is 0.660. The molecule has 330 valence electrons. The molecule has 0 atom stereocenters. The number of rotatable bonds is 2. The molecule has 0 aromatic heterocycles. The average molecular weight is 907 g/mol. The molecule has 19 rings (SSSR count). The van der Waals surface area contributed by atoms with Crippen LogP contribution in [-0.4, -0.2) is 0 Å². The van der Waals surface area contributed by atoms with E-state index in [1.54, 1.807) is 0 Å². The maximum absolute atomic E-state index is 2.56. The minimum Gasteiger partial charge on any atom is -0.0619 e. The van der Waals surface area contributed by atoms with E-state index in [0.717, 1.165) is 0 Å². The third-order valence-electron chi connectivity index (χ3n) is 19.1. The molecule has 2 aliphatic rings. The molecule has 0 saturated carbocycles. The Balaban J connectivity index is 1.00. The highest BCUT2D eigenvalue weighted by atomic mass is 14.4. The zero-order valence-corrected chi connectivity index (χ0v) is 40.3. The van der Waals surface area contributed by atoms with Gasteiger partial charge in [-0.3, -0.25) is 0 Å². The highest BCUT2D eigenvalue weighted by molar-refractivity contribution is 6.61. The lowest BCUT2D eigenvalue weighted by Gasteiger charge is -2.29. The molecular formula is C72H42. The van der Waals surface area contributed by atoms with E-state index in [9.17, 15) is 0 Å². The van der Waals surface area contributed by atoms with Gasteiger partial charge in [0.25, 0.3) is 0 Å². The summed E-state index contributed by atoms with van der Waals surface area (Å²) >= 11 is 0. The Kier molecular flexibility index (Phi) is 6.10. The van der Waals surface area contributed by atoms with Gasteiger partial charge < -0.3 is 0 Å². The summed E-state index contributed by atoms with van der Waals surface area (Å²) in [5.41, 5.74) is 16.1. The summed E-state index contributed by atoms with van der Waals surface area (Å²) < 4.78 is 0. The first-order valence-corrected chi connectivity index (χ1v) is 25.9. The van der Waals surface area contributed by atoms with Crippen LogP contribution in [0.25, 0.3) is 174 Å². The smallest absolute Gasteiger partial charge is 0.0159 e. The molecule has 17 aromatic carbocycles. The van der Waals surface area contributed by atoms with Crippen LogP contribution in [-0.2, 0) is 10.8 Å². The van der Waals surface area contributed by atoms with Crippen LogP contribution < -0.4 is 0 Å². The van der Waals surface area contributed by atoms with Crippen LogP contribution in [0.2, 0.25) is 0 Å². The predicted octanol–water partition coefficient (Wildman–Crippen LogP) is 20.1. The molecule has 0 bridgehead atoms. The van der Waals surface area contributed by atoms with Crippen molar-refractivity contribution in [2.24, 2.45) is 0 Å². The van der Waals surface area contributed by atoms with Gasteiger partial charge in [0, 0.05) is 10.8 Å². The number of fused-ring (bicyclic) bond motifs is 12. The first-order valence-electron chi connectivity index (χ1n) is 25.9. The molecule has 0 N–H and O–H groups in total. The quantitative estimate of drug-likeness (QED) is 0.120. The minimum absolute atomic E-state index is 0.0831. The van der Waals surface area contributed by atoms with Gasteiger partial charge in [-0.05, 0) is 232 Å². The zero-order chi connectivity index (χ0) is 47.0. The van der Waals surface area contributed by atoms with Gasteiger partial charge in [0.05, 0.1) is 0 Å². The topological polar surface area (TPSA) is 0 Å². The number of hydrogen-bond acceptors (Lipinski definition) is 0. The first kappa shape index (κ1) is 37.3. The molecule has 2 aliphatic carbocycles. The molecule has 0 radical (unpaired) electrons. The molecule has 0 amide bonds. The van der Waals surface area contributed by atoms with Gasteiger partial charge in [-0.1, -0.05) is 173 Å². The number of benzene rings is 17. The Morgan fingerprint density at radius 1 is 0.194 bits per heavy atom. The van der Waals surface area contributed by atoms with E-state index in [0.29, 0.717) is 0 Å². The summed E-state index contributed by atoms with van der Waals surface area (Å²) in [5.74, 6) is 0. The zero-order valence-electron chi connectivity index (χ0n) is 40.3. The van der Waals surface area contributed by atoms with Crippen molar-refractivity contribution < 1.29 is 0 Å². The van der Waals surface area contributed by atoms with Gasteiger partial charge in [-0.2, -0.15) is 0 Å². The van der Waals surface area contributed by atoms with Crippen molar-refractivity contribution in [2.75, 3.05) is 0 Å². The molecule has 0 fully saturated rings. The van der Waals surface area contributed by atoms with Crippen LogP contribution in [0.15, 0.2) is 182 Å². The van der Waals surface area contributed by atoms with E-state index in [2.05, 4.69) is 210 Å². The second-order valence-corrected chi connectivity index (χ2v) is 22.9. The second kappa shape index (κ2) is 11.8. The normalized spacial score (nSPS) is 15.2. The average Bonchev–Trinajstić information content (AvgIpc) is 3.81. The van der Waals surface area contributed by atoms with Gasteiger partial charge >= 0.3 is 0 Å². The Labute approximate surface area is 414 Å². The highest BCUT2D eigenvalue weighted by Crippen LogP contribution is 2.61. The summed E-state index contributed by atoms with van der Waals surface area (Å²) in [6.07, 6.45) is 0. The van der Waals surface area contributed by atoms with Crippen molar-refractivity contribution in [1.82, 2.24) is 0 Å². The second-order valence-electron chi connectivity index (χ2n) is 22.9. The van der Waals surface area contributed by atoms with Gasteiger partial charge in [0.15, 0.2) is 0 Å². The van der Waals surface area contributed by atoms with Crippen molar-refractivity contribution in [1.29, 1.82) is 0 Å². The Morgan fingerprint density at radius 3 is 0.778 bits per heavy atom. The minimum atomic E-state index is -0.0831. The van der Waals surface area contributed by atoms with Crippen molar-refractivity contribution in [2.45, 2.75) is 38.5 Å². The van der Waals surface area contributed by atoms with E-state index < -0.39 is 0 Å². The van der Waals surface area contributed by atoms with E-state index in [4.69, 9.17) is 0 Å². The summed E-state index contributed by atoms with van der Waals surface area (Å²) in [6.45, 7) is 9.60. The van der Waals surface area contributed by atoms with Crippen molar-refractivity contribution >= 4 is 129 Å². The summed E-state index contributed by atoms with van der Waals surface area (Å²) in [5, 5.41) is 33.3. The van der Waals surface area contributed by atoms with Gasteiger partial charge in [-0.15, -0.1) is 0 Å². The molecule has 0 nitrogen and oxygen atoms in total. The summed E-state index contributed by atoms with van der Waals surface area (Å²) in [4.78, 5) is 0. The Hall–Kier alpha value is -8.58. The van der Waals surface area contributed by atoms with E-state index >= 15 is 0 Å². The van der Waals surface area contributed by atoms with Crippen LogP contribution >= 0.6 is 0 Å². The van der Waals surface area contributed by atoms with E-state index in [-0.39, 0.29) is 10.8 Å². The molecule has 0 heteroatoms. The van der Waals surface area contributed by atoms with Crippen LogP contribution in [0.1, 0.15) is 49.9 Å². The molecule has 0 saturated heterocycles. The summed E-state index contributed by atoms with van der Waals surface area (Å²) in [7, 11) is 0. The molecular weight excluding hydrogens is 865 g/mol. The standard InChI is InChI=1S/C72H42/c1-71(2)55-23-7-5-13-39(55)41-27-25-35(33-57(41)71)37-29-51-47-19-9-15-43-45-17-11-21-49-53-31-38(36-26-28-42-40-14-6-8-24-56(40)72(3,4)58(42)34-36)32-54-50-22-12-18-46-44-16-10-20-48-52(30-37)63(51)69-65(59(43)47)67(61(45)49)70(64(53)54)68(62(46)50)66(69)60(44)48/h5-34H,1-4H3. The third-order valence-corrected chi connectivity index (χ3v) is 19.1. The van der Waals surface area contributed by atoms with E-state index in [1.165, 1.54) is 196 Å². The van der Waals surface area contributed by atoms with Crippen molar-refractivity contribution in [3.63, 3.8) is 0 Å². The van der Waals surface area contributed by atoms with Gasteiger partial charge in [0.2, 0.25) is 0 Å². The molecule has 72 heavy (non-hydrogen) atoms. The monoisotopic (exact) mass is 906 g/mol. The molecule has 17 aromatic rings. The van der Waals surface area contributed by atoms with Gasteiger partial charge in [-0.25, -0.2) is 0 Å². The predicted molar refractivity (Wildman–Crippen MR) is 310 cm³/mol. The maximum atomic E-state index is 2.56. The van der Waals surface area contributed by atoms with E-state index in [1.807, 2.05) is 0 Å². The third kappa shape index (κ3) is 3.91. The Bertz CT molecular complexity index is 4760. The first-order chi connectivity index (χ1) is 35.3. The van der Waals surface area contributed by atoms with Crippen LogP contribution in [0, 0.1) is 0 Å². The molecule has 0 spiro atoms. The SMILES string of the molecule is CC1(C)c2ccccc2-c2ccc(-c3cc4c5cccc6c7cccc8c9cc(-c%10ccc%11c(c%10)C(C)(C)c%10ccccc%10-%11)cc%10c%11cccc%12c%13cccc%14c(c3)c4c3c(c65)c(c78)c(c9%10)c(c%12%11)c3c%13%14)cc21. The van der Waals surface area contributed by atoms with Crippen LogP contribution in [0.3, 0.4) is 0 Å². The lowest BCUT2D eigenvalue weighted by Crippen LogP contribution is -2.14. The van der Waals surface area contributed by atoms with Crippen LogP contribution in [0.5, 0.6) is 0 Å². The lowest BCUT2D eigenvalue weighted by atomic mass is 9.73. The van der Waals surface area contributed by atoms with Crippen molar-refractivity contribution in [3.8, 4) is 44.5 Å². The fourth-order valence-corrected chi connectivity index (χ4v) is 16.1. The van der Waals surface area contributed by atoms with Crippen molar-refractivity contribution in [3.05, 3.63) is 204 Å². The summed E-state index contributed by atoms with van der Waals surface area (Å²) in [6, 6.07) is 71.6. The van der Waals surface area contributed by atoms with Gasteiger partial charge in [0.1, 0.15) is 0 Å². The largest absolute Gasteiger partial charge is 0.0619 e.